The van der Waals surface area contributed by atoms with Crippen LogP contribution in [0.3, 0.4) is 0 Å². The van der Waals surface area contributed by atoms with Crippen LogP contribution in [0, 0.1) is 31.6 Å². The van der Waals surface area contributed by atoms with E-state index in [1.807, 2.05) is 46.4 Å². The fourth-order valence-corrected chi connectivity index (χ4v) is 1.09. The Kier molecular flexibility index (Phi) is 14.9. The minimum atomic E-state index is -0.247. The maximum absolute atomic E-state index is 11.5. The summed E-state index contributed by atoms with van der Waals surface area (Å²) in [6.07, 6.45) is 0.406. The number of Topliss-reactive ketones (excluding diaryl/α,β-unsaturated/α-hetero) is 2. The SMILES string of the molecule is [CH2-]CC(=O)C(C)(C)C.[CH2-]CN(C[CH2-])CC(=O)C(C)(C)C.[Y+3]. The molecule has 0 bridgehead atoms. The molecule has 0 aliphatic heterocycles. The fraction of sp³-hybridized carbons (Fsp3) is 0.706. The van der Waals surface area contributed by atoms with Crippen molar-refractivity contribution in [2.24, 2.45) is 10.8 Å². The van der Waals surface area contributed by atoms with Gasteiger partial charge in [-0.1, -0.05) is 41.5 Å². The Morgan fingerprint density at radius 3 is 1.29 bits per heavy atom. The summed E-state index contributed by atoms with van der Waals surface area (Å²) in [4.78, 5) is 24.2. The van der Waals surface area contributed by atoms with Gasteiger partial charge in [0.1, 0.15) is 5.78 Å². The molecule has 0 unspecified atom stereocenters. The van der Waals surface area contributed by atoms with Crippen LogP contribution in [0.4, 0.5) is 0 Å². The van der Waals surface area contributed by atoms with Crippen molar-refractivity contribution < 1.29 is 42.3 Å². The van der Waals surface area contributed by atoms with Crippen LogP contribution in [0.2, 0.25) is 0 Å². The second kappa shape index (κ2) is 11.9. The Balaban J connectivity index is -0.000000317. The first-order chi connectivity index (χ1) is 8.89. The Morgan fingerprint density at radius 2 is 1.14 bits per heavy atom. The Morgan fingerprint density at radius 1 is 0.810 bits per heavy atom. The van der Waals surface area contributed by atoms with E-state index in [0.717, 1.165) is 0 Å². The zero-order valence-corrected chi connectivity index (χ0v) is 17.6. The monoisotopic (exact) mass is 371 g/mol. The minimum absolute atomic E-state index is 0. The normalized spacial score (nSPS) is 11.3. The summed E-state index contributed by atoms with van der Waals surface area (Å²) in [5.74, 6) is 0.465. The Labute approximate surface area is 157 Å². The standard InChI is InChI=1S/C10H19NO.C7H13O.Y/c1-6-11(7-2)8-9(12)10(3,4)5;1-5-6(8)7(2,3)4;/h1-2,6-8H2,3-5H3;1,5H2,2-4H3;/q-2;-1;+3. The zero-order chi connectivity index (χ0) is 16.6. The van der Waals surface area contributed by atoms with E-state index in [4.69, 9.17) is 0 Å². The molecule has 0 radical (unpaired) electrons. The number of rotatable bonds is 5. The number of carbonyl (C=O) groups excluding carboxylic acids is 2. The van der Waals surface area contributed by atoms with Crippen molar-refractivity contribution in [2.45, 2.75) is 48.0 Å². The van der Waals surface area contributed by atoms with E-state index in [9.17, 15) is 9.59 Å². The van der Waals surface area contributed by atoms with Gasteiger partial charge in [0, 0.05) is 10.8 Å². The minimum Gasteiger partial charge on any atom is -0.356 e. The number of carbonyl (C=O) groups is 2. The molecule has 0 saturated heterocycles. The van der Waals surface area contributed by atoms with Crippen LogP contribution in [0.25, 0.3) is 0 Å². The molecule has 0 atom stereocenters. The van der Waals surface area contributed by atoms with Crippen LogP contribution in [-0.2, 0) is 42.3 Å². The number of hydrogen-bond acceptors (Lipinski definition) is 3. The van der Waals surface area contributed by atoms with Gasteiger partial charge in [0.05, 0.1) is 6.54 Å². The third-order valence-corrected chi connectivity index (χ3v) is 2.90. The van der Waals surface area contributed by atoms with Gasteiger partial charge in [-0.3, -0.25) is 4.79 Å². The van der Waals surface area contributed by atoms with E-state index in [2.05, 4.69) is 20.8 Å². The molecule has 0 aromatic rings. The van der Waals surface area contributed by atoms with Crippen molar-refractivity contribution >= 4 is 11.6 Å². The Hall–Kier alpha value is 0.404. The van der Waals surface area contributed by atoms with Gasteiger partial charge in [-0.15, -0.1) is 19.5 Å². The molecular formula is C17H32NO2Y. The van der Waals surface area contributed by atoms with Crippen molar-refractivity contribution in [3.8, 4) is 0 Å². The average Bonchev–Trinajstić information content (AvgIpc) is 2.32. The summed E-state index contributed by atoms with van der Waals surface area (Å²) >= 11 is 0. The molecule has 0 aromatic carbocycles. The summed E-state index contributed by atoms with van der Waals surface area (Å²) in [6, 6.07) is 0. The van der Waals surface area contributed by atoms with Gasteiger partial charge >= 0.3 is 32.7 Å². The van der Waals surface area contributed by atoms with Crippen molar-refractivity contribution in [3.05, 3.63) is 20.8 Å². The molecule has 0 aliphatic carbocycles. The molecule has 0 heterocycles. The van der Waals surface area contributed by atoms with E-state index in [1.54, 1.807) is 0 Å². The van der Waals surface area contributed by atoms with Crippen LogP contribution < -0.4 is 0 Å². The molecule has 0 aliphatic rings. The van der Waals surface area contributed by atoms with Gasteiger partial charge < -0.3 is 30.5 Å². The van der Waals surface area contributed by atoms with E-state index < -0.39 is 0 Å². The van der Waals surface area contributed by atoms with Crippen molar-refractivity contribution in [3.63, 3.8) is 0 Å². The van der Waals surface area contributed by atoms with Crippen molar-refractivity contribution in [2.75, 3.05) is 19.6 Å². The van der Waals surface area contributed by atoms with Crippen LogP contribution in [0.5, 0.6) is 0 Å². The van der Waals surface area contributed by atoms with Crippen LogP contribution in [0.1, 0.15) is 48.0 Å². The third kappa shape index (κ3) is 13.8. The van der Waals surface area contributed by atoms with Crippen LogP contribution >= 0.6 is 0 Å². The largest absolute Gasteiger partial charge is 3.00 e. The summed E-state index contributed by atoms with van der Waals surface area (Å²) < 4.78 is 0. The number of hydrogen-bond donors (Lipinski definition) is 0. The average molecular weight is 371 g/mol. The molecule has 0 amide bonds. The number of ketones is 2. The second-order valence-electron chi connectivity index (χ2n) is 6.87. The van der Waals surface area contributed by atoms with E-state index in [-0.39, 0.29) is 55.1 Å². The van der Waals surface area contributed by atoms with E-state index in [1.165, 1.54) is 0 Å². The van der Waals surface area contributed by atoms with Crippen molar-refractivity contribution in [1.82, 2.24) is 4.90 Å². The molecule has 0 spiro atoms. The molecule has 21 heavy (non-hydrogen) atoms. The molecule has 0 aromatic heterocycles. The first-order valence-corrected chi connectivity index (χ1v) is 7.06. The molecule has 4 heteroatoms. The summed E-state index contributed by atoms with van der Waals surface area (Å²) in [5, 5.41) is 0. The fourth-order valence-electron chi connectivity index (χ4n) is 1.09. The van der Waals surface area contributed by atoms with Gasteiger partial charge in [0.25, 0.3) is 0 Å². The van der Waals surface area contributed by atoms with Crippen LogP contribution in [0.15, 0.2) is 0 Å². The zero-order valence-electron chi connectivity index (χ0n) is 14.8. The summed E-state index contributed by atoms with van der Waals surface area (Å²) in [7, 11) is 0. The van der Waals surface area contributed by atoms with Gasteiger partial charge in [-0.2, -0.15) is 0 Å². The first-order valence-electron chi connectivity index (χ1n) is 7.06. The maximum Gasteiger partial charge on any atom is 3.00 e. The predicted octanol–water partition coefficient (Wildman–Crippen LogP) is 3.40. The topological polar surface area (TPSA) is 37.4 Å². The second-order valence-corrected chi connectivity index (χ2v) is 6.87. The molecule has 0 N–H and O–H groups in total. The molecule has 0 fully saturated rings. The maximum atomic E-state index is 11.5. The predicted molar refractivity (Wildman–Crippen MR) is 86.1 cm³/mol. The van der Waals surface area contributed by atoms with E-state index >= 15 is 0 Å². The first kappa shape index (κ1) is 26.3. The summed E-state index contributed by atoms with van der Waals surface area (Å²) in [5.41, 5.74) is -0.440. The van der Waals surface area contributed by atoms with Gasteiger partial charge in [-0.25, -0.2) is 0 Å². The van der Waals surface area contributed by atoms with Crippen molar-refractivity contribution in [1.29, 1.82) is 0 Å². The van der Waals surface area contributed by atoms with Gasteiger partial charge in [-0.05, 0) is 0 Å². The third-order valence-electron chi connectivity index (χ3n) is 2.90. The quantitative estimate of drug-likeness (QED) is 0.696. The molecule has 0 rings (SSSR count). The molecular weight excluding hydrogens is 339 g/mol. The van der Waals surface area contributed by atoms with Crippen LogP contribution in [-0.4, -0.2) is 36.1 Å². The molecule has 0 saturated carbocycles. The summed E-state index contributed by atoms with van der Waals surface area (Å²) in [6.45, 7) is 24.2. The number of nitrogens with zero attached hydrogens (tertiary/aromatic N) is 1. The van der Waals surface area contributed by atoms with E-state index in [0.29, 0.717) is 26.1 Å². The molecule has 3 nitrogen and oxygen atoms in total. The van der Waals surface area contributed by atoms with Gasteiger partial charge in [0.2, 0.25) is 0 Å². The Bertz CT molecular complexity index is 297. The smallest absolute Gasteiger partial charge is 0.356 e. The molecule has 120 valence electrons. The van der Waals surface area contributed by atoms with Gasteiger partial charge in [0.15, 0.2) is 5.78 Å².